The molecule has 0 bridgehead atoms. The molecule has 1 aliphatic heterocycles. The summed E-state index contributed by atoms with van der Waals surface area (Å²) in [5, 5.41) is 5.66. The molecule has 2 heterocycles. The number of hydrazone groups is 1. The van der Waals surface area contributed by atoms with Crippen LogP contribution in [0.25, 0.3) is 0 Å². The van der Waals surface area contributed by atoms with Gasteiger partial charge in [0, 0.05) is 25.9 Å². The number of hydrogen-bond donors (Lipinski definition) is 2. The van der Waals surface area contributed by atoms with E-state index in [4.69, 9.17) is 5.73 Å². The number of aromatic nitrogens is 2. The van der Waals surface area contributed by atoms with Gasteiger partial charge in [0.25, 0.3) is 11.5 Å². The van der Waals surface area contributed by atoms with Gasteiger partial charge in [-0.05, 0) is 24.3 Å². The summed E-state index contributed by atoms with van der Waals surface area (Å²) in [6.45, 7) is 6.80. The Morgan fingerprint density at radius 3 is 2.54 bits per heavy atom. The number of carbonyl (C=O) groups is 2. The van der Waals surface area contributed by atoms with Crippen LogP contribution in [0.15, 0.2) is 45.0 Å². The molecule has 3 rings (SSSR count). The Hall–Kier alpha value is -3.69. The zero-order valence-corrected chi connectivity index (χ0v) is 20.6. The van der Waals surface area contributed by atoms with E-state index in [9.17, 15) is 19.2 Å². The highest BCUT2D eigenvalue weighted by Crippen LogP contribution is 2.22. The van der Waals surface area contributed by atoms with Gasteiger partial charge in [0.05, 0.1) is 6.54 Å². The van der Waals surface area contributed by atoms with Crippen LogP contribution in [0, 0.1) is 5.92 Å². The van der Waals surface area contributed by atoms with E-state index in [0.717, 1.165) is 12.0 Å². The number of rotatable bonds is 10. The quantitative estimate of drug-likeness (QED) is 0.537. The molecule has 2 aromatic rings. The molecule has 0 saturated heterocycles. The van der Waals surface area contributed by atoms with Gasteiger partial charge in [-0.1, -0.05) is 57.5 Å². The van der Waals surface area contributed by atoms with Gasteiger partial charge in [-0.15, -0.1) is 0 Å². The molecule has 0 aliphatic carbocycles. The van der Waals surface area contributed by atoms with Crippen LogP contribution >= 0.6 is 0 Å². The third-order valence-electron chi connectivity index (χ3n) is 5.92. The highest BCUT2D eigenvalue weighted by atomic mass is 16.2. The van der Waals surface area contributed by atoms with Gasteiger partial charge >= 0.3 is 5.69 Å². The molecule has 1 aliphatic rings. The van der Waals surface area contributed by atoms with Crippen LogP contribution in [0.4, 0.5) is 11.5 Å². The van der Waals surface area contributed by atoms with Crippen molar-refractivity contribution >= 4 is 29.0 Å². The number of H-pyrrole nitrogens is 1. The topological polar surface area (TPSA) is 134 Å². The Morgan fingerprint density at radius 1 is 1.17 bits per heavy atom. The normalized spacial score (nSPS) is 13.8. The van der Waals surface area contributed by atoms with E-state index in [1.54, 1.807) is 0 Å². The molecule has 0 radical (unpaired) electrons. The number of nitrogens with zero attached hydrogens (tertiary/aromatic N) is 4. The summed E-state index contributed by atoms with van der Waals surface area (Å²) >= 11 is 0. The molecule has 188 valence electrons. The van der Waals surface area contributed by atoms with Crippen molar-refractivity contribution in [3.8, 4) is 0 Å². The number of nitrogen functional groups attached to an aromatic ring is 1. The zero-order chi connectivity index (χ0) is 25.5. The van der Waals surface area contributed by atoms with Gasteiger partial charge in [-0.2, -0.15) is 5.10 Å². The van der Waals surface area contributed by atoms with Crippen LogP contribution in [0.2, 0.25) is 0 Å². The maximum absolute atomic E-state index is 13.7. The van der Waals surface area contributed by atoms with Crippen molar-refractivity contribution in [2.75, 3.05) is 17.2 Å². The number of unbranched alkanes of at least 4 members (excludes halogenated alkanes) is 1. The molecule has 2 amide bonds. The van der Waals surface area contributed by atoms with E-state index in [1.165, 1.54) is 14.5 Å². The molecule has 0 spiro atoms. The van der Waals surface area contributed by atoms with Crippen molar-refractivity contribution in [1.29, 1.82) is 0 Å². The SMILES string of the molecule is CCCCn1c(N)c(N(CCC(C)C)C(=O)C2=NN(Cc3ccccc3)C(=O)CC2)c(=O)[nH]c1=O. The van der Waals surface area contributed by atoms with E-state index in [1.807, 2.05) is 51.1 Å². The molecule has 1 aromatic heterocycles. The minimum Gasteiger partial charge on any atom is -0.383 e. The second-order valence-corrected chi connectivity index (χ2v) is 9.12. The second-order valence-electron chi connectivity index (χ2n) is 9.12. The van der Waals surface area contributed by atoms with Gasteiger partial charge in [0.2, 0.25) is 5.91 Å². The number of carbonyl (C=O) groups excluding carboxylic acids is 2. The number of hydrogen-bond acceptors (Lipinski definition) is 6. The zero-order valence-electron chi connectivity index (χ0n) is 20.6. The van der Waals surface area contributed by atoms with E-state index in [0.29, 0.717) is 19.4 Å². The lowest BCUT2D eigenvalue weighted by molar-refractivity contribution is -0.132. The minimum absolute atomic E-state index is 0.0436. The van der Waals surface area contributed by atoms with Crippen molar-refractivity contribution < 1.29 is 9.59 Å². The average Bonchev–Trinajstić information content (AvgIpc) is 2.82. The molecule has 0 fully saturated rings. The highest BCUT2D eigenvalue weighted by Gasteiger charge is 2.31. The van der Waals surface area contributed by atoms with Gasteiger partial charge in [-0.25, -0.2) is 9.80 Å². The summed E-state index contributed by atoms with van der Waals surface area (Å²) in [5.41, 5.74) is 5.99. The first kappa shape index (κ1) is 25.9. The van der Waals surface area contributed by atoms with Crippen molar-refractivity contribution in [2.24, 2.45) is 11.0 Å². The Balaban J connectivity index is 2.00. The Bertz CT molecular complexity index is 1200. The first-order valence-corrected chi connectivity index (χ1v) is 12.1. The highest BCUT2D eigenvalue weighted by molar-refractivity contribution is 6.44. The molecule has 10 heteroatoms. The maximum Gasteiger partial charge on any atom is 0.330 e. The maximum atomic E-state index is 13.7. The van der Waals surface area contributed by atoms with Crippen LogP contribution < -0.4 is 21.9 Å². The van der Waals surface area contributed by atoms with Gasteiger partial charge in [-0.3, -0.25) is 28.8 Å². The van der Waals surface area contributed by atoms with E-state index >= 15 is 0 Å². The van der Waals surface area contributed by atoms with Crippen molar-refractivity contribution in [3.63, 3.8) is 0 Å². The van der Waals surface area contributed by atoms with Crippen LogP contribution in [0.3, 0.4) is 0 Å². The van der Waals surface area contributed by atoms with Crippen LogP contribution in [0.5, 0.6) is 0 Å². The van der Waals surface area contributed by atoms with E-state index in [2.05, 4.69) is 10.1 Å². The van der Waals surface area contributed by atoms with Crippen molar-refractivity contribution in [3.05, 3.63) is 56.7 Å². The first-order chi connectivity index (χ1) is 16.7. The number of anilines is 2. The van der Waals surface area contributed by atoms with Crippen LogP contribution in [0.1, 0.15) is 58.4 Å². The summed E-state index contributed by atoms with van der Waals surface area (Å²) in [4.78, 5) is 55.1. The number of nitrogens with two attached hydrogens (primary N) is 1. The third kappa shape index (κ3) is 6.26. The van der Waals surface area contributed by atoms with Gasteiger partial charge in [0.1, 0.15) is 11.5 Å². The number of aromatic amines is 1. The summed E-state index contributed by atoms with van der Waals surface area (Å²) in [7, 11) is 0. The van der Waals surface area contributed by atoms with E-state index < -0.39 is 17.2 Å². The first-order valence-electron chi connectivity index (χ1n) is 12.1. The molecule has 0 atom stereocenters. The molecule has 0 saturated carbocycles. The monoisotopic (exact) mass is 482 g/mol. The second kappa shape index (κ2) is 11.6. The lowest BCUT2D eigenvalue weighted by Gasteiger charge is -2.28. The summed E-state index contributed by atoms with van der Waals surface area (Å²) in [6.07, 6.45) is 2.43. The Morgan fingerprint density at radius 2 is 1.89 bits per heavy atom. The number of benzene rings is 1. The smallest absolute Gasteiger partial charge is 0.330 e. The summed E-state index contributed by atoms with van der Waals surface area (Å²) < 4.78 is 1.30. The fourth-order valence-corrected chi connectivity index (χ4v) is 3.87. The largest absolute Gasteiger partial charge is 0.383 e. The lowest BCUT2D eigenvalue weighted by Crippen LogP contribution is -2.46. The summed E-state index contributed by atoms with van der Waals surface area (Å²) in [6, 6.07) is 9.39. The molecule has 1 aromatic carbocycles. The van der Waals surface area contributed by atoms with Crippen LogP contribution in [-0.2, 0) is 22.7 Å². The standard InChI is InChI=1S/C25H34N6O4/c1-4-5-14-30-22(26)21(23(33)27-25(30)35)29(15-13-17(2)3)24(34)19-11-12-20(32)31(28-19)16-18-9-7-6-8-10-18/h6-10,17H,4-5,11-16,26H2,1-3H3,(H,27,33,35). The Kier molecular flexibility index (Phi) is 8.62. The predicted octanol–water partition coefficient (Wildman–Crippen LogP) is 2.48. The van der Waals surface area contributed by atoms with Crippen LogP contribution in [-0.4, -0.2) is 38.6 Å². The number of nitrogens with one attached hydrogen (secondary N) is 1. The Labute approximate surface area is 204 Å². The number of amides is 2. The third-order valence-corrected chi connectivity index (χ3v) is 5.92. The molecule has 0 unspecified atom stereocenters. The fraction of sp³-hybridized carbons (Fsp3) is 0.480. The van der Waals surface area contributed by atoms with Gasteiger partial charge < -0.3 is 5.73 Å². The molecule has 10 nitrogen and oxygen atoms in total. The van der Waals surface area contributed by atoms with Crippen molar-refractivity contribution in [1.82, 2.24) is 14.6 Å². The molecular weight excluding hydrogens is 448 g/mol. The molecule has 35 heavy (non-hydrogen) atoms. The lowest BCUT2D eigenvalue weighted by atomic mass is 10.1. The molecule has 3 N–H and O–H groups in total. The fourth-order valence-electron chi connectivity index (χ4n) is 3.87. The minimum atomic E-state index is -0.717. The van der Waals surface area contributed by atoms with Crippen molar-refractivity contribution in [2.45, 2.75) is 66.0 Å². The van der Waals surface area contributed by atoms with Gasteiger partial charge in [0.15, 0.2) is 5.69 Å². The average molecular weight is 483 g/mol. The van der Waals surface area contributed by atoms with E-state index in [-0.39, 0.29) is 55.0 Å². The predicted molar refractivity (Wildman–Crippen MR) is 136 cm³/mol. The molecular formula is C25H34N6O4. The summed E-state index contributed by atoms with van der Waals surface area (Å²) in [5.74, 6) is -0.460.